The Kier molecular flexibility index (Phi) is 6.04. The molecule has 3 rings (SSSR count). The average Bonchev–Trinajstić information content (AvgIpc) is 2.70. The van der Waals surface area contributed by atoms with Gasteiger partial charge in [0.15, 0.2) is 5.78 Å². The van der Waals surface area contributed by atoms with E-state index in [1.165, 1.54) is 25.1 Å². The molecular formula is C21H18N2O4S. The smallest absolute Gasteiger partial charge is 0.241 e. The molecule has 1 heterocycles. The van der Waals surface area contributed by atoms with Crippen molar-refractivity contribution < 1.29 is 17.9 Å². The van der Waals surface area contributed by atoms with Crippen LogP contribution in [-0.4, -0.2) is 32.3 Å². The molecule has 142 valence electrons. The Morgan fingerprint density at radius 1 is 1.11 bits per heavy atom. The Morgan fingerprint density at radius 3 is 2.79 bits per heavy atom. The monoisotopic (exact) mass is 394 g/mol. The molecule has 0 saturated heterocycles. The number of fused-ring (bicyclic) bond motifs is 1. The third-order valence-electron chi connectivity index (χ3n) is 3.91. The minimum atomic E-state index is -3.73. The van der Waals surface area contributed by atoms with Crippen molar-refractivity contribution in [3.63, 3.8) is 0 Å². The van der Waals surface area contributed by atoms with Gasteiger partial charge in [-0.3, -0.25) is 9.78 Å². The molecule has 0 spiro atoms. The number of pyridine rings is 1. The highest BCUT2D eigenvalue weighted by Gasteiger charge is 2.14. The van der Waals surface area contributed by atoms with Crippen LogP contribution in [-0.2, 0) is 10.0 Å². The van der Waals surface area contributed by atoms with E-state index < -0.39 is 10.0 Å². The Morgan fingerprint density at radius 2 is 1.96 bits per heavy atom. The summed E-state index contributed by atoms with van der Waals surface area (Å²) >= 11 is 0. The molecule has 2 aromatic carbocycles. The maximum atomic E-state index is 12.3. The second kappa shape index (κ2) is 8.65. The van der Waals surface area contributed by atoms with Crippen LogP contribution in [0.1, 0.15) is 17.3 Å². The number of benzene rings is 2. The van der Waals surface area contributed by atoms with Gasteiger partial charge in [-0.25, -0.2) is 8.42 Å². The first-order valence-corrected chi connectivity index (χ1v) is 9.98. The highest BCUT2D eigenvalue weighted by atomic mass is 32.2. The molecule has 0 unspecified atom stereocenters. The Balaban J connectivity index is 1.54. The van der Waals surface area contributed by atoms with Crippen molar-refractivity contribution in [2.24, 2.45) is 0 Å². The van der Waals surface area contributed by atoms with Gasteiger partial charge in [-0.15, -0.1) is 0 Å². The lowest BCUT2D eigenvalue weighted by molar-refractivity contribution is 0.101. The quantitative estimate of drug-likeness (QED) is 0.513. The van der Waals surface area contributed by atoms with Crippen LogP contribution < -0.4 is 9.46 Å². The highest BCUT2D eigenvalue weighted by molar-refractivity contribution is 7.89. The largest absolute Gasteiger partial charge is 0.481 e. The topological polar surface area (TPSA) is 85.4 Å². The number of nitrogens with zero attached hydrogens (tertiary/aromatic N) is 1. The van der Waals surface area contributed by atoms with Crippen LogP contribution in [0.4, 0.5) is 0 Å². The Hall–Kier alpha value is -3.21. The number of carbonyl (C=O) groups excluding carboxylic acids is 1. The van der Waals surface area contributed by atoms with E-state index in [-0.39, 0.29) is 23.8 Å². The van der Waals surface area contributed by atoms with Gasteiger partial charge in [-0.2, -0.15) is 4.72 Å². The Labute approximate surface area is 163 Å². The van der Waals surface area contributed by atoms with Crippen molar-refractivity contribution >= 4 is 26.7 Å². The lowest BCUT2D eigenvalue weighted by Gasteiger charge is -2.05. The lowest BCUT2D eigenvalue weighted by Crippen LogP contribution is -2.24. The summed E-state index contributed by atoms with van der Waals surface area (Å²) in [6.07, 6.45) is 1.71. The summed E-state index contributed by atoms with van der Waals surface area (Å²) in [5.74, 6) is 5.91. The van der Waals surface area contributed by atoms with Crippen LogP contribution in [0.2, 0.25) is 0 Å². The van der Waals surface area contributed by atoms with Crippen LogP contribution in [0.25, 0.3) is 10.9 Å². The number of rotatable bonds is 6. The minimum absolute atomic E-state index is 0.0295. The fourth-order valence-electron chi connectivity index (χ4n) is 2.47. The summed E-state index contributed by atoms with van der Waals surface area (Å²) in [7, 11) is -3.73. The number of hydrogen-bond acceptors (Lipinski definition) is 5. The summed E-state index contributed by atoms with van der Waals surface area (Å²) in [6.45, 7) is 1.45. The SMILES string of the molecule is CC(=O)c1cccc(S(=O)(=O)NCC#CCOc2ccc3cccnc3c2)c1. The molecule has 0 aliphatic rings. The maximum absolute atomic E-state index is 12.3. The molecule has 0 bridgehead atoms. The number of carbonyl (C=O) groups is 1. The van der Waals surface area contributed by atoms with Gasteiger partial charge in [-0.05, 0) is 37.3 Å². The van der Waals surface area contributed by atoms with Gasteiger partial charge in [0, 0.05) is 23.2 Å². The third kappa shape index (κ3) is 4.94. The molecule has 28 heavy (non-hydrogen) atoms. The van der Waals surface area contributed by atoms with Crippen molar-refractivity contribution in [1.82, 2.24) is 9.71 Å². The number of ketones is 1. The predicted octanol–water partition coefficient (Wildman–Crippen LogP) is 2.80. The predicted molar refractivity (Wildman–Crippen MR) is 107 cm³/mol. The molecule has 6 nitrogen and oxygen atoms in total. The first-order chi connectivity index (χ1) is 13.5. The molecule has 0 radical (unpaired) electrons. The molecule has 1 N–H and O–H groups in total. The summed E-state index contributed by atoms with van der Waals surface area (Å²) < 4.78 is 32.4. The van der Waals surface area contributed by atoms with Gasteiger partial charge in [-0.1, -0.05) is 30.0 Å². The van der Waals surface area contributed by atoms with Crippen LogP contribution in [0, 0.1) is 11.8 Å². The zero-order valence-corrected chi connectivity index (χ0v) is 16.0. The Bertz CT molecular complexity index is 1180. The number of aromatic nitrogens is 1. The molecule has 0 saturated carbocycles. The molecule has 0 amide bonds. The van der Waals surface area contributed by atoms with E-state index in [1.807, 2.05) is 30.3 Å². The fourth-order valence-corrected chi connectivity index (χ4v) is 3.43. The van der Waals surface area contributed by atoms with Crippen molar-refractivity contribution in [1.29, 1.82) is 0 Å². The first-order valence-electron chi connectivity index (χ1n) is 8.50. The van der Waals surface area contributed by atoms with Gasteiger partial charge in [0.25, 0.3) is 0 Å². The molecule has 7 heteroatoms. The number of sulfonamides is 1. The van der Waals surface area contributed by atoms with E-state index in [2.05, 4.69) is 21.5 Å². The average molecular weight is 394 g/mol. The fraction of sp³-hybridized carbons (Fsp3) is 0.143. The second-order valence-corrected chi connectivity index (χ2v) is 7.68. The molecule has 3 aromatic rings. The third-order valence-corrected chi connectivity index (χ3v) is 5.31. The first kappa shape index (κ1) is 19.5. The lowest BCUT2D eigenvalue weighted by atomic mass is 10.2. The van der Waals surface area contributed by atoms with Gasteiger partial charge < -0.3 is 4.74 Å². The van der Waals surface area contributed by atoms with E-state index in [4.69, 9.17) is 4.74 Å². The van der Waals surface area contributed by atoms with Crippen LogP contribution in [0.15, 0.2) is 65.7 Å². The molecule has 0 aliphatic carbocycles. The van der Waals surface area contributed by atoms with Crippen molar-refractivity contribution in [3.8, 4) is 17.6 Å². The standard InChI is InChI=1S/C21H18N2O4S/c1-16(24)18-6-4-8-20(14-18)28(25,26)23-12-2-3-13-27-19-10-9-17-7-5-11-22-21(17)15-19/h4-11,14-15,23H,12-13H2,1H3. The van der Waals surface area contributed by atoms with Crippen LogP contribution in [0.3, 0.4) is 0 Å². The van der Waals surface area contributed by atoms with E-state index in [9.17, 15) is 13.2 Å². The summed E-state index contributed by atoms with van der Waals surface area (Å²) in [5.41, 5.74) is 1.17. The number of ether oxygens (including phenoxy) is 1. The zero-order chi connectivity index (χ0) is 20.0. The van der Waals surface area contributed by atoms with Crippen molar-refractivity contribution in [2.75, 3.05) is 13.2 Å². The van der Waals surface area contributed by atoms with Gasteiger partial charge in [0.2, 0.25) is 10.0 Å². The maximum Gasteiger partial charge on any atom is 0.241 e. The molecule has 0 aliphatic heterocycles. The number of Topliss-reactive ketones (excluding diaryl/α,β-unsaturated/α-hetero) is 1. The second-order valence-electron chi connectivity index (χ2n) is 5.91. The molecular weight excluding hydrogens is 376 g/mol. The van der Waals surface area contributed by atoms with E-state index in [1.54, 1.807) is 12.3 Å². The van der Waals surface area contributed by atoms with Crippen molar-refractivity contribution in [3.05, 3.63) is 66.4 Å². The number of nitrogens with one attached hydrogen (secondary N) is 1. The zero-order valence-electron chi connectivity index (χ0n) is 15.2. The van der Waals surface area contributed by atoms with E-state index in [0.717, 1.165) is 10.9 Å². The molecule has 1 aromatic heterocycles. The number of hydrogen-bond donors (Lipinski definition) is 1. The minimum Gasteiger partial charge on any atom is -0.481 e. The van der Waals surface area contributed by atoms with E-state index >= 15 is 0 Å². The summed E-state index contributed by atoms with van der Waals surface area (Å²) in [6, 6.07) is 15.3. The summed E-state index contributed by atoms with van der Waals surface area (Å²) in [5, 5.41) is 1.02. The summed E-state index contributed by atoms with van der Waals surface area (Å²) in [4.78, 5) is 15.7. The van der Waals surface area contributed by atoms with Crippen molar-refractivity contribution in [2.45, 2.75) is 11.8 Å². The van der Waals surface area contributed by atoms with Gasteiger partial charge >= 0.3 is 0 Å². The highest BCUT2D eigenvalue weighted by Crippen LogP contribution is 2.18. The van der Waals surface area contributed by atoms with E-state index in [0.29, 0.717) is 11.3 Å². The van der Waals surface area contributed by atoms with Gasteiger partial charge in [0.1, 0.15) is 12.4 Å². The van der Waals surface area contributed by atoms with Crippen LogP contribution >= 0.6 is 0 Å². The van der Waals surface area contributed by atoms with Crippen LogP contribution in [0.5, 0.6) is 5.75 Å². The van der Waals surface area contributed by atoms with Gasteiger partial charge in [0.05, 0.1) is 17.0 Å². The normalized spacial score (nSPS) is 10.9. The molecule has 0 fully saturated rings. The molecule has 0 atom stereocenters.